The minimum absolute atomic E-state index is 0.227. The monoisotopic (exact) mass is 242 g/mol. The second kappa shape index (κ2) is 6.17. The molecule has 0 aliphatic carbocycles. The molecule has 1 saturated heterocycles. The Bertz CT molecular complexity index is 271. The number of rotatable bonds is 7. The van der Waals surface area contributed by atoms with E-state index in [1.54, 1.807) is 6.92 Å². The highest BCUT2D eigenvalue weighted by Gasteiger charge is 2.35. The summed E-state index contributed by atoms with van der Waals surface area (Å²) >= 11 is 0. The van der Waals surface area contributed by atoms with E-state index in [0.717, 1.165) is 12.8 Å². The average molecular weight is 242 g/mol. The highest BCUT2D eigenvalue weighted by Crippen LogP contribution is 2.34. The number of ether oxygens (including phenoxy) is 2. The maximum atomic E-state index is 10.7. The zero-order valence-electron chi connectivity index (χ0n) is 10.6. The Morgan fingerprint density at radius 2 is 2.18 bits per heavy atom. The first-order valence-electron chi connectivity index (χ1n) is 6.09. The van der Waals surface area contributed by atoms with Gasteiger partial charge in [0, 0.05) is 5.41 Å². The van der Waals surface area contributed by atoms with Gasteiger partial charge in [0.2, 0.25) is 0 Å². The lowest BCUT2D eigenvalue weighted by Gasteiger charge is -2.30. The first-order chi connectivity index (χ1) is 7.99. The Hall–Kier alpha value is -0.870. The summed E-state index contributed by atoms with van der Waals surface area (Å²) in [5, 5.41) is 8.81. The third-order valence-corrected chi connectivity index (χ3v) is 3.40. The summed E-state index contributed by atoms with van der Waals surface area (Å²) in [4.78, 5) is 10.7. The van der Waals surface area contributed by atoms with E-state index < -0.39 is 5.97 Å². The summed E-state index contributed by atoms with van der Waals surface area (Å²) in [6, 6.07) is 0. The quantitative estimate of drug-likeness (QED) is 0.697. The molecule has 1 unspecified atom stereocenters. The molecule has 0 radical (unpaired) electrons. The minimum Gasteiger partial charge on any atom is -0.481 e. The molecule has 1 aliphatic heterocycles. The number of hydrogen-bond acceptors (Lipinski definition) is 3. The van der Waals surface area contributed by atoms with Gasteiger partial charge in [-0.2, -0.15) is 0 Å². The van der Waals surface area contributed by atoms with Gasteiger partial charge in [-0.15, -0.1) is 6.58 Å². The Morgan fingerprint density at radius 1 is 1.59 bits per heavy atom. The third-order valence-electron chi connectivity index (χ3n) is 3.40. The van der Waals surface area contributed by atoms with Crippen molar-refractivity contribution in [2.24, 2.45) is 11.3 Å². The van der Waals surface area contributed by atoms with E-state index in [1.807, 2.05) is 13.0 Å². The van der Waals surface area contributed by atoms with Gasteiger partial charge in [-0.25, -0.2) is 0 Å². The molecule has 1 aliphatic rings. The van der Waals surface area contributed by atoms with Crippen molar-refractivity contribution in [1.29, 1.82) is 0 Å². The smallest absolute Gasteiger partial charge is 0.306 e. The van der Waals surface area contributed by atoms with Crippen LogP contribution in [0.3, 0.4) is 0 Å². The van der Waals surface area contributed by atoms with Crippen molar-refractivity contribution in [2.75, 3.05) is 13.2 Å². The molecule has 1 fully saturated rings. The maximum absolute atomic E-state index is 10.7. The predicted octanol–water partition coefficient (Wildman–Crippen LogP) is 2.44. The molecule has 0 aromatic rings. The summed E-state index contributed by atoms with van der Waals surface area (Å²) in [5.74, 6) is -1.03. The highest BCUT2D eigenvalue weighted by atomic mass is 16.7. The van der Waals surface area contributed by atoms with Crippen LogP contribution in [0.4, 0.5) is 0 Å². The van der Waals surface area contributed by atoms with Gasteiger partial charge in [0.25, 0.3) is 0 Å². The van der Waals surface area contributed by atoms with Gasteiger partial charge in [-0.1, -0.05) is 26.3 Å². The average Bonchev–Trinajstić information content (AvgIpc) is 2.82. The molecule has 98 valence electrons. The molecule has 0 aromatic carbocycles. The summed E-state index contributed by atoms with van der Waals surface area (Å²) in [7, 11) is 0. The molecule has 0 spiro atoms. The van der Waals surface area contributed by atoms with Crippen molar-refractivity contribution in [3.05, 3.63) is 12.7 Å². The molecule has 0 amide bonds. The zero-order chi connectivity index (χ0) is 12.9. The van der Waals surface area contributed by atoms with Crippen molar-refractivity contribution in [3.8, 4) is 0 Å². The zero-order valence-corrected chi connectivity index (χ0v) is 10.6. The van der Waals surface area contributed by atoms with E-state index in [1.165, 1.54) is 0 Å². The van der Waals surface area contributed by atoms with Crippen LogP contribution in [-0.4, -0.2) is 30.6 Å². The molecule has 4 nitrogen and oxygen atoms in total. The maximum Gasteiger partial charge on any atom is 0.306 e. The highest BCUT2D eigenvalue weighted by molar-refractivity contribution is 5.69. The van der Waals surface area contributed by atoms with Crippen LogP contribution < -0.4 is 0 Å². The molecule has 1 rings (SSSR count). The van der Waals surface area contributed by atoms with Crippen molar-refractivity contribution in [1.82, 2.24) is 0 Å². The van der Waals surface area contributed by atoms with Crippen LogP contribution in [0.2, 0.25) is 0 Å². The Morgan fingerprint density at radius 3 is 2.65 bits per heavy atom. The SMILES string of the molecule is C=C[C@](C)(CCCC(C)C(=O)O)C1OCCO1. The first kappa shape index (κ1) is 14.2. The van der Waals surface area contributed by atoms with Gasteiger partial charge < -0.3 is 14.6 Å². The number of hydrogen-bond donors (Lipinski definition) is 1. The number of aliphatic carboxylic acids is 1. The van der Waals surface area contributed by atoms with Crippen LogP contribution in [-0.2, 0) is 14.3 Å². The van der Waals surface area contributed by atoms with E-state index in [0.29, 0.717) is 19.6 Å². The number of carboxylic acids is 1. The fraction of sp³-hybridized carbons (Fsp3) is 0.769. The van der Waals surface area contributed by atoms with Crippen LogP contribution >= 0.6 is 0 Å². The van der Waals surface area contributed by atoms with Crippen molar-refractivity contribution in [3.63, 3.8) is 0 Å². The predicted molar refractivity (Wildman–Crippen MR) is 64.6 cm³/mol. The summed E-state index contributed by atoms with van der Waals surface area (Å²) in [5.41, 5.74) is -0.227. The second-order valence-electron chi connectivity index (χ2n) is 4.91. The van der Waals surface area contributed by atoms with Crippen molar-refractivity contribution < 1.29 is 19.4 Å². The lowest BCUT2D eigenvalue weighted by molar-refractivity contribution is -0.141. The molecule has 0 aromatic heterocycles. The molecule has 2 atom stereocenters. The fourth-order valence-electron chi connectivity index (χ4n) is 1.97. The van der Waals surface area contributed by atoms with E-state index in [2.05, 4.69) is 6.58 Å². The standard InChI is InChI=1S/C13H22O4/c1-4-13(3,12-16-8-9-17-12)7-5-6-10(2)11(14)15/h4,10,12H,1,5-9H2,2-3H3,(H,14,15)/t10?,13-/m1/s1. The topological polar surface area (TPSA) is 55.8 Å². The summed E-state index contributed by atoms with van der Waals surface area (Å²) in [6.45, 7) is 8.86. The van der Waals surface area contributed by atoms with Crippen molar-refractivity contribution in [2.45, 2.75) is 39.4 Å². The molecule has 17 heavy (non-hydrogen) atoms. The largest absolute Gasteiger partial charge is 0.481 e. The van der Waals surface area contributed by atoms with Crippen LogP contribution in [0.25, 0.3) is 0 Å². The normalized spacial score (nSPS) is 22.0. The van der Waals surface area contributed by atoms with Gasteiger partial charge >= 0.3 is 5.97 Å². The van der Waals surface area contributed by atoms with E-state index in [9.17, 15) is 4.79 Å². The Balaban J connectivity index is 2.40. The number of carbonyl (C=O) groups is 1. The lowest BCUT2D eigenvalue weighted by Crippen LogP contribution is -2.31. The van der Waals surface area contributed by atoms with Gasteiger partial charge in [-0.3, -0.25) is 4.79 Å². The summed E-state index contributed by atoms with van der Waals surface area (Å²) < 4.78 is 11.0. The summed E-state index contributed by atoms with van der Waals surface area (Å²) in [6.07, 6.45) is 3.96. The van der Waals surface area contributed by atoms with E-state index in [4.69, 9.17) is 14.6 Å². The second-order valence-corrected chi connectivity index (χ2v) is 4.91. The van der Waals surface area contributed by atoms with Gasteiger partial charge in [0.05, 0.1) is 19.1 Å². The van der Waals surface area contributed by atoms with Crippen LogP contribution in [0.15, 0.2) is 12.7 Å². The van der Waals surface area contributed by atoms with Crippen molar-refractivity contribution >= 4 is 5.97 Å². The molecule has 1 heterocycles. The molecular weight excluding hydrogens is 220 g/mol. The fourth-order valence-corrected chi connectivity index (χ4v) is 1.97. The third kappa shape index (κ3) is 3.82. The molecule has 1 N–H and O–H groups in total. The van der Waals surface area contributed by atoms with Gasteiger partial charge in [0.15, 0.2) is 6.29 Å². The van der Waals surface area contributed by atoms with Crippen LogP contribution in [0.1, 0.15) is 33.1 Å². The Kier molecular flexibility index (Phi) is 5.15. The van der Waals surface area contributed by atoms with Crippen LogP contribution in [0.5, 0.6) is 0 Å². The Labute approximate surface area is 103 Å². The van der Waals surface area contributed by atoms with Gasteiger partial charge in [0.1, 0.15) is 0 Å². The molecule has 0 bridgehead atoms. The number of carboxylic acid groups (broad SMARTS) is 1. The molecule has 0 saturated carbocycles. The van der Waals surface area contributed by atoms with E-state index in [-0.39, 0.29) is 17.6 Å². The lowest BCUT2D eigenvalue weighted by atomic mass is 9.83. The molecule has 4 heteroatoms. The van der Waals surface area contributed by atoms with Crippen LogP contribution in [0, 0.1) is 11.3 Å². The van der Waals surface area contributed by atoms with Gasteiger partial charge in [-0.05, 0) is 12.8 Å². The minimum atomic E-state index is -0.737. The first-order valence-corrected chi connectivity index (χ1v) is 6.09. The van der Waals surface area contributed by atoms with E-state index >= 15 is 0 Å². The molecular formula is C13H22O4.